The van der Waals surface area contributed by atoms with Crippen molar-refractivity contribution < 1.29 is 0 Å². The van der Waals surface area contributed by atoms with E-state index in [1.165, 1.54) is 37.2 Å². The fraction of sp³-hybridized carbons (Fsp3) is 0.500. The van der Waals surface area contributed by atoms with Crippen molar-refractivity contribution in [2.24, 2.45) is 0 Å². The lowest BCUT2D eigenvalue weighted by atomic mass is 10.1. The van der Waals surface area contributed by atoms with E-state index >= 15 is 0 Å². The fourth-order valence-corrected chi connectivity index (χ4v) is 3.47. The Morgan fingerprint density at radius 3 is 2.90 bits per heavy atom. The summed E-state index contributed by atoms with van der Waals surface area (Å²) in [4.78, 5) is 12.7. The third-order valence-corrected chi connectivity index (χ3v) is 4.77. The number of aryl methyl sites for hydroxylation is 1. The summed E-state index contributed by atoms with van der Waals surface area (Å²) in [6.07, 6.45) is 6.00. The van der Waals surface area contributed by atoms with Gasteiger partial charge >= 0.3 is 0 Å². The first-order valence-electron chi connectivity index (χ1n) is 7.67. The maximum atomic E-state index is 4.58. The van der Waals surface area contributed by atoms with Crippen LogP contribution in [0.3, 0.4) is 0 Å². The Kier molecular flexibility index (Phi) is 4.83. The van der Waals surface area contributed by atoms with E-state index in [-0.39, 0.29) is 0 Å². The standard InChI is InChI=1S/C16H22N4S/c1-13-18-12-14(15-6-5-11-21-15)16(19-13)17-7-10-20-8-3-2-4-9-20/h5-6,11-12H,2-4,7-10H2,1H3,(H,17,18,19). The topological polar surface area (TPSA) is 41.1 Å². The highest BCUT2D eigenvalue weighted by Crippen LogP contribution is 2.29. The maximum absolute atomic E-state index is 4.58. The van der Waals surface area contributed by atoms with Gasteiger partial charge in [-0.2, -0.15) is 0 Å². The molecule has 5 heteroatoms. The molecule has 4 nitrogen and oxygen atoms in total. The third kappa shape index (κ3) is 3.80. The molecule has 0 spiro atoms. The molecule has 0 saturated carbocycles. The quantitative estimate of drug-likeness (QED) is 0.919. The van der Waals surface area contributed by atoms with Crippen LogP contribution in [0.1, 0.15) is 25.1 Å². The summed E-state index contributed by atoms with van der Waals surface area (Å²) in [7, 11) is 0. The fourth-order valence-electron chi connectivity index (χ4n) is 2.73. The zero-order valence-electron chi connectivity index (χ0n) is 12.5. The van der Waals surface area contributed by atoms with Crippen molar-refractivity contribution in [3.8, 4) is 10.4 Å². The smallest absolute Gasteiger partial charge is 0.138 e. The Balaban J connectivity index is 1.65. The van der Waals surface area contributed by atoms with E-state index in [1.54, 1.807) is 11.3 Å². The van der Waals surface area contributed by atoms with Gasteiger partial charge in [-0.1, -0.05) is 12.5 Å². The Morgan fingerprint density at radius 2 is 2.14 bits per heavy atom. The Labute approximate surface area is 130 Å². The molecular weight excluding hydrogens is 280 g/mol. The highest BCUT2D eigenvalue weighted by atomic mass is 32.1. The summed E-state index contributed by atoms with van der Waals surface area (Å²) in [6, 6.07) is 4.19. The van der Waals surface area contributed by atoms with Gasteiger partial charge in [0.1, 0.15) is 11.6 Å². The zero-order valence-corrected chi connectivity index (χ0v) is 13.3. The lowest BCUT2D eigenvalue weighted by Crippen LogP contribution is -2.33. The number of hydrogen-bond acceptors (Lipinski definition) is 5. The molecule has 0 unspecified atom stereocenters. The second kappa shape index (κ2) is 7.00. The summed E-state index contributed by atoms with van der Waals surface area (Å²) in [5.41, 5.74) is 1.11. The van der Waals surface area contributed by atoms with E-state index in [1.807, 2.05) is 13.1 Å². The lowest BCUT2D eigenvalue weighted by molar-refractivity contribution is 0.237. The number of anilines is 1. The molecule has 0 amide bonds. The second-order valence-corrected chi connectivity index (χ2v) is 6.43. The summed E-state index contributed by atoms with van der Waals surface area (Å²) >= 11 is 1.73. The highest BCUT2D eigenvalue weighted by molar-refractivity contribution is 7.13. The molecule has 21 heavy (non-hydrogen) atoms. The molecule has 0 atom stereocenters. The summed E-state index contributed by atoms with van der Waals surface area (Å²) < 4.78 is 0. The number of nitrogens with zero attached hydrogens (tertiary/aromatic N) is 3. The van der Waals surface area contributed by atoms with Gasteiger partial charge in [0.2, 0.25) is 0 Å². The molecule has 0 bridgehead atoms. The number of rotatable bonds is 5. The first-order valence-corrected chi connectivity index (χ1v) is 8.54. The molecule has 3 rings (SSSR count). The van der Waals surface area contributed by atoms with Gasteiger partial charge in [0.15, 0.2) is 0 Å². The molecule has 0 aliphatic carbocycles. The average Bonchev–Trinajstić information content (AvgIpc) is 3.03. The number of aromatic nitrogens is 2. The van der Waals surface area contributed by atoms with Crippen LogP contribution in [-0.4, -0.2) is 41.0 Å². The summed E-state index contributed by atoms with van der Waals surface area (Å²) in [5, 5.41) is 5.59. The van der Waals surface area contributed by atoms with Gasteiger partial charge in [0.25, 0.3) is 0 Å². The van der Waals surface area contributed by atoms with E-state index in [0.29, 0.717) is 0 Å². The predicted molar refractivity (Wildman–Crippen MR) is 88.9 cm³/mol. The van der Waals surface area contributed by atoms with E-state index in [2.05, 4.69) is 37.7 Å². The Morgan fingerprint density at radius 1 is 1.29 bits per heavy atom. The molecule has 0 radical (unpaired) electrons. The van der Waals surface area contributed by atoms with Gasteiger partial charge in [-0.3, -0.25) is 0 Å². The van der Waals surface area contributed by atoms with Crippen LogP contribution in [0.2, 0.25) is 0 Å². The van der Waals surface area contributed by atoms with Gasteiger partial charge in [-0.25, -0.2) is 9.97 Å². The van der Waals surface area contributed by atoms with Crippen molar-refractivity contribution in [1.82, 2.24) is 14.9 Å². The molecule has 0 aromatic carbocycles. The Hall–Kier alpha value is -1.46. The van der Waals surface area contributed by atoms with Crippen molar-refractivity contribution in [3.63, 3.8) is 0 Å². The number of nitrogens with one attached hydrogen (secondary N) is 1. The predicted octanol–water partition coefficient (Wildman–Crippen LogP) is 3.41. The lowest BCUT2D eigenvalue weighted by Gasteiger charge is -2.26. The monoisotopic (exact) mass is 302 g/mol. The van der Waals surface area contributed by atoms with Crippen LogP contribution in [0.15, 0.2) is 23.7 Å². The van der Waals surface area contributed by atoms with Crippen LogP contribution in [0.5, 0.6) is 0 Å². The highest BCUT2D eigenvalue weighted by Gasteiger charge is 2.11. The van der Waals surface area contributed by atoms with Crippen molar-refractivity contribution in [2.75, 3.05) is 31.5 Å². The second-order valence-electron chi connectivity index (χ2n) is 5.49. The zero-order chi connectivity index (χ0) is 14.5. The normalized spacial score (nSPS) is 16.0. The minimum absolute atomic E-state index is 0.816. The molecule has 1 aliphatic heterocycles. The van der Waals surface area contributed by atoms with Crippen molar-refractivity contribution in [1.29, 1.82) is 0 Å². The van der Waals surface area contributed by atoms with Crippen molar-refractivity contribution in [3.05, 3.63) is 29.5 Å². The SMILES string of the molecule is Cc1ncc(-c2cccs2)c(NCCN2CCCCC2)n1. The van der Waals surface area contributed by atoms with E-state index in [4.69, 9.17) is 0 Å². The van der Waals surface area contributed by atoms with Crippen LogP contribution in [-0.2, 0) is 0 Å². The van der Waals surface area contributed by atoms with Gasteiger partial charge in [-0.05, 0) is 44.3 Å². The summed E-state index contributed by atoms with van der Waals surface area (Å²) in [6.45, 7) is 6.44. The minimum atomic E-state index is 0.816. The average molecular weight is 302 g/mol. The molecule has 112 valence electrons. The van der Waals surface area contributed by atoms with Gasteiger partial charge in [0.05, 0.1) is 5.56 Å². The van der Waals surface area contributed by atoms with Gasteiger partial charge in [-0.15, -0.1) is 11.3 Å². The van der Waals surface area contributed by atoms with Crippen LogP contribution in [0.4, 0.5) is 5.82 Å². The number of piperidine rings is 1. The largest absolute Gasteiger partial charge is 0.368 e. The van der Waals surface area contributed by atoms with Crippen LogP contribution >= 0.6 is 11.3 Å². The van der Waals surface area contributed by atoms with E-state index in [9.17, 15) is 0 Å². The number of likely N-dealkylation sites (tertiary alicyclic amines) is 1. The molecule has 2 aromatic heterocycles. The maximum Gasteiger partial charge on any atom is 0.138 e. The van der Waals surface area contributed by atoms with E-state index < -0.39 is 0 Å². The number of thiophene rings is 1. The van der Waals surface area contributed by atoms with Gasteiger partial charge in [0, 0.05) is 24.2 Å². The Bertz CT molecular complexity index is 562. The molecule has 1 fully saturated rings. The summed E-state index contributed by atoms with van der Waals surface area (Å²) in [5.74, 6) is 1.78. The van der Waals surface area contributed by atoms with Crippen LogP contribution in [0.25, 0.3) is 10.4 Å². The first kappa shape index (κ1) is 14.5. The van der Waals surface area contributed by atoms with Gasteiger partial charge < -0.3 is 10.2 Å². The molecule has 3 heterocycles. The molecule has 1 saturated heterocycles. The number of hydrogen-bond donors (Lipinski definition) is 1. The molecular formula is C16H22N4S. The minimum Gasteiger partial charge on any atom is -0.368 e. The van der Waals surface area contributed by atoms with E-state index in [0.717, 1.165) is 30.3 Å². The molecule has 1 N–H and O–H groups in total. The first-order chi connectivity index (χ1) is 10.3. The van der Waals surface area contributed by atoms with Crippen molar-refractivity contribution in [2.45, 2.75) is 26.2 Å². The third-order valence-electron chi connectivity index (χ3n) is 3.87. The molecule has 2 aromatic rings. The van der Waals surface area contributed by atoms with Crippen LogP contribution in [0, 0.1) is 6.92 Å². The van der Waals surface area contributed by atoms with Crippen LogP contribution < -0.4 is 5.32 Å². The van der Waals surface area contributed by atoms with Crippen molar-refractivity contribution >= 4 is 17.2 Å². The molecule has 1 aliphatic rings.